The number of ether oxygens (including phenoxy) is 1. The molecular formula is C19H23NO4S3. The number of carbonyl (C=O) groups excluding carboxylic acids is 1. The molecule has 146 valence electrons. The first-order chi connectivity index (χ1) is 12.9. The molecule has 2 heterocycles. The highest BCUT2D eigenvalue weighted by atomic mass is 32.2. The van der Waals surface area contributed by atoms with Gasteiger partial charge in [0.1, 0.15) is 10.1 Å². The van der Waals surface area contributed by atoms with Crippen molar-refractivity contribution >= 4 is 50.1 Å². The first kappa shape index (κ1) is 20.4. The van der Waals surface area contributed by atoms with E-state index in [0.717, 1.165) is 30.6 Å². The van der Waals surface area contributed by atoms with Crippen LogP contribution in [0, 0.1) is 0 Å². The van der Waals surface area contributed by atoms with Gasteiger partial charge in [0.2, 0.25) is 0 Å². The predicted octanol–water partition coefficient (Wildman–Crippen LogP) is 3.64. The maximum atomic E-state index is 12.8. The topological polar surface area (TPSA) is 63.7 Å². The molecule has 2 saturated heterocycles. The summed E-state index contributed by atoms with van der Waals surface area (Å²) in [4.78, 5) is 14.8. The molecule has 0 saturated carbocycles. The average molecular weight is 426 g/mol. The van der Waals surface area contributed by atoms with Crippen molar-refractivity contribution in [1.29, 1.82) is 0 Å². The van der Waals surface area contributed by atoms with Gasteiger partial charge in [-0.2, -0.15) is 0 Å². The number of rotatable bonds is 7. The Balaban J connectivity index is 1.76. The minimum atomic E-state index is -3.08. The van der Waals surface area contributed by atoms with Gasteiger partial charge in [-0.1, -0.05) is 61.9 Å². The van der Waals surface area contributed by atoms with Crippen LogP contribution in [-0.4, -0.2) is 47.7 Å². The van der Waals surface area contributed by atoms with Crippen LogP contribution in [-0.2, 0) is 14.6 Å². The average Bonchev–Trinajstić information content (AvgIpc) is 3.11. The molecule has 0 radical (unpaired) electrons. The Bertz CT molecular complexity index is 863. The van der Waals surface area contributed by atoms with E-state index >= 15 is 0 Å². The van der Waals surface area contributed by atoms with E-state index in [4.69, 9.17) is 17.0 Å². The smallest absolute Gasteiger partial charge is 0.266 e. The van der Waals surface area contributed by atoms with Crippen molar-refractivity contribution in [2.75, 3.05) is 18.1 Å². The Hall–Kier alpha value is -1.38. The van der Waals surface area contributed by atoms with Crippen LogP contribution in [0.4, 0.5) is 0 Å². The molecule has 5 nitrogen and oxygen atoms in total. The Labute approximate surface area is 170 Å². The standard InChI is InChI=1S/C19H23NO4S3/c1-2-3-6-10-24-16-8-5-4-7-14(16)12-17-18(21)20(19(25)26-17)15-9-11-27(22,23)13-15/h4-5,7-8,12,15H,2-3,6,9-11,13H2,1H3/b17-12+/t15-/m1/s1. The molecule has 2 fully saturated rings. The Morgan fingerprint density at radius 2 is 2.11 bits per heavy atom. The number of nitrogens with zero attached hydrogens (tertiary/aromatic N) is 1. The van der Waals surface area contributed by atoms with E-state index < -0.39 is 9.84 Å². The molecule has 2 aliphatic rings. The number of hydrogen-bond donors (Lipinski definition) is 0. The number of benzene rings is 1. The molecule has 1 atom stereocenters. The minimum absolute atomic E-state index is 0.0101. The van der Waals surface area contributed by atoms with Crippen LogP contribution >= 0.6 is 24.0 Å². The van der Waals surface area contributed by atoms with E-state index in [1.165, 1.54) is 16.7 Å². The fourth-order valence-corrected chi connectivity index (χ4v) is 6.27. The van der Waals surface area contributed by atoms with Gasteiger partial charge in [0, 0.05) is 5.56 Å². The van der Waals surface area contributed by atoms with E-state index in [2.05, 4.69) is 6.92 Å². The van der Waals surface area contributed by atoms with Crippen molar-refractivity contribution in [1.82, 2.24) is 4.90 Å². The van der Waals surface area contributed by atoms with Crippen LogP contribution in [0.2, 0.25) is 0 Å². The number of unbranched alkanes of at least 4 members (excludes halogenated alkanes) is 2. The molecule has 27 heavy (non-hydrogen) atoms. The lowest BCUT2D eigenvalue weighted by Gasteiger charge is -2.20. The number of sulfone groups is 1. The number of amides is 1. The number of thioether (sulfide) groups is 1. The molecule has 2 aliphatic heterocycles. The zero-order valence-electron chi connectivity index (χ0n) is 15.2. The number of hydrogen-bond acceptors (Lipinski definition) is 6. The largest absolute Gasteiger partial charge is 0.493 e. The van der Waals surface area contributed by atoms with E-state index in [-0.39, 0.29) is 23.5 Å². The molecule has 0 bridgehead atoms. The summed E-state index contributed by atoms with van der Waals surface area (Å²) in [6.45, 7) is 2.78. The first-order valence-electron chi connectivity index (χ1n) is 9.10. The van der Waals surface area contributed by atoms with Gasteiger partial charge in [0.15, 0.2) is 9.84 Å². The summed E-state index contributed by atoms with van der Waals surface area (Å²) in [5.41, 5.74) is 0.827. The van der Waals surface area contributed by atoms with E-state index in [0.29, 0.717) is 22.3 Å². The SMILES string of the molecule is CCCCCOc1ccccc1/C=C1/SC(=S)N([C@@H]2CCS(=O)(=O)C2)C1=O. The van der Waals surface area contributed by atoms with Crippen LogP contribution in [0.25, 0.3) is 6.08 Å². The Morgan fingerprint density at radius 3 is 2.81 bits per heavy atom. The second-order valence-electron chi connectivity index (χ2n) is 6.70. The second kappa shape index (κ2) is 8.75. The summed E-state index contributed by atoms with van der Waals surface area (Å²) in [5, 5.41) is 0. The van der Waals surface area contributed by atoms with Crippen molar-refractivity contribution in [2.45, 2.75) is 38.6 Å². The summed E-state index contributed by atoms with van der Waals surface area (Å²) in [6.07, 6.45) is 5.47. The third-order valence-corrected chi connectivity index (χ3v) is 7.69. The number of carbonyl (C=O) groups is 1. The third kappa shape index (κ3) is 4.92. The molecule has 0 aromatic heterocycles. The highest BCUT2D eigenvalue weighted by Gasteiger charge is 2.42. The molecule has 0 N–H and O–H groups in total. The normalized spacial score (nSPS) is 23.4. The monoisotopic (exact) mass is 425 g/mol. The van der Waals surface area contributed by atoms with E-state index in [1.807, 2.05) is 24.3 Å². The molecule has 0 unspecified atom stereocenters. The summed E-state index contributed by atoms with van der Waals surface area (Å²) >= 11 is 6.58. The zero-order chi connectivity index (χ0) is 19.4. The highest BCUT2D eigenvalue weighted by Crippen LogP contribution is 2.37. The molecule has 1 amide bonds. The fourth-order valence-electron chi connectivity index (χ4n) is 3.18. The quantitative estimate of drug-likeness (QED) is 0.378. The van der Waals surface area contributed by atoms with Crippen LogP contribution in [0.15, 0.2) is 29.2 Å². The van der Waals surface area contributed by atoms with Crippen molar-refractivity contribution in [3.05, 3.63) is 34.7 Å². The lowest BCUT2D eigenvalue weighted by molar-refractivity contribution is -0.123. The van der Waals surface area contributed by atoms with Crippen molar-refractivity contribution in [2.24, 2.45) is 0 Å². The molecule has 0 aliphatic carbocycles. The van der Waals surface area contributed by atoms with Gasteiger partial charge in [0.25, 0.3) is 5.91 Å². The van der Waals surface area contributed by atoms with Crippen LogP contribution in [0.3, 0.4) is 0 Å². The molecule has 8 heteroatoms. The van der Waals surface area contributed by atoms with Gasteiger partial charge in [-0.15, -0.1) is 0 Å². The molecule has 0 spiro atoms. The van der Waals surface area contributed by atoms with Gasteiger partial charge < -0.3 is 4.74 Å². The Kier molecular flexibility index (Phi) is 6.60. The van der Waals surface area contributed by atoms with E-state index in [9.17, 15) is 13.2 Å². The summed E-state index contributed by atoms with van der Waals surface area (Å²) in [5.74, 6) is 0.627. The summed E-state index contributed by atoms with van der Waals surface area (Å²) in [7, 11) is -3.08. The predicted molar refractivity (Wildman–Crippen MR) is 114 cm³/mol. The first-order valence-corrected chi connectivity index (χ1v) is 12.1. The molecule has 3 rings (SSSR count). The lowest BCUT2D eigenvalue weighted by atomic mass is 10.1. The number of thiocarbonyl (C=S) groups is 1. The van der Waals surface area contributed by atoms with Crippen molar-refractivity contribution in [3.63, 3.8) is 0 Å². The van der Waals surface area contributed by atoms with Crippen molar-refractivity contribution < 1.29 is 17.9 Å². The number of para-hydroxylation sites is 1. The van der Waals surface area contributed by atoms with Crippen molar-refractivity contribution in [3.8, 4) is 5.75 Å². The lowest BCUT2D eigenvalue weighted by Crippen LogP contribution is -2.39. The van der Waals surface area contributed by atoms with Gasteiger partial charge in [-0.3, -0.25) is 9.69 Å². The van der Waals surface area contributed by atoms with Gasteiger partial charge >= 0.3 is 0 Å². The van der Waals surface area contributed by atoms with Crippen LogP contribution in [0.5, 0.6) is 5.75 Å². The second-order valence-corrected chi connectivity index (χ2v) is 10.6. The van der Waals surface area contributed by atoms with Gasteiger partial charge in [0.05, 0.1) is 29.1 Å². The summed E-state index contributed by atoms with van der Waals surface area (Å²) in [6, 6.07) is 7.24. The molecule has 1 aromatic rings. The molecule has 1 aromatic carbocycles. The van der Waals surface area contributed by atoms with Crippen LogP contribution in [0.1, 0.15) is 38.2 Å². The fraction of sp³-hybridized carbons (Fsp3) is 0.474. The maximum absolute atomic E-state index is 12.8. The Morgan fingerprint density at radius 1 is 1.33 bits per heavy atom. The highest BCUT2D eigenvalue weighted by molar-refractivity contribution is 8.26. The van der Waals surface area contributed by atoms with Crippen LogP contribution < -0.4 is 4.74 Å². The summed E-state index contributed by atoms with van der Waals surface area (Å²) < 4.78 is 29.8. The van der Waals surface area contributed by atoms with Gasteiger partial charge in [-0.25, -0.2) is 8.42 Å². The minimum Gasteiger partial charge on any atom is -0.493 e. The molecular weight excluding hydrogens is 402 g/mol. The zero-order valence-corrected chi connectivity index (χ0v) is 17.7. The maximum Gasteiger partial charge on any atom is 0.266 e. The third-order valence-electron chi connectivity index (χ3n) is 4.61. The van der Waals surface area contributed by atoms with E-state index in [1.54, 1.807) is 6.08 Å². The van der Waals surface area contributed by atoms with Gasteiger partial charge in [-0.05, 0) is 25.0 Å².